The average molecular weight is 169 g/mol. The van der Waals surface area contributed by atoms with E-state index in [2.05, 4.69) is 19.2 Å². The number of hydrogen-bond donors (Lipinski definition) is 1. The van der Waals surface area contributed by atoms with Crippen LogP contribution in [-0.4, -0.2) is 12.6 Å². The molecule has 1 N–H and O–H groups in total. The van der Waals surface area contributed by atoms with E-state index in [1.165, 1.54) is 45.1 Å². The molecule has 0 radical (unpaired) electrons. The maximum atomic E-state index is 3.67. The topological polar surface area (TPSA) is 12.0 Å². The van der Waals surface area contributed by atoms with Crippen molar-refractivity contribution in [3.05, 3.63) is 0 Å². The lowest BCUT2D eigenvalue weighted by molar-refractivity contribution is 0.423. The molecule has 0 aromatic rings. The van der Waals surface area contributed by atoms with E-state index in [1.807, 2.05) is 0 Å². The van der Waals surface area contributed by atoms with Crippen molar-refractivity contribution in [2.75, 3.05) is 6.54 Å². The first-order valence-electron chi connectivity index (χ1n) is 5.61. The molecule has 1 aliphatic rings. The lowest BCUT2D eigenvalue weighted by Gasteiger charge is -2.17. The van der Waals surface area contributed by atoms with Gasteiger partial charge in [0.2, 0.25) is 0 Å². The summed E-state index contributed by atoms with van der Waals surface area (Å²) in [6.07, 6.45) is 8.38. The molecule has 72 valence electrons. The molecule has 0 aromatic carbocycles. The maximum absolute atomic E-state index is 3.67. The van der Waals surface area contributed by atoms with Crippen molar-refractivity contribution in [2.45, 2.75) is 58.4 Å². The minimum absolute atomic E-state index is 0.852. The van der Waals surface area contributed by atoms with Crippen LogP contribution in [0.25, 0.3) is 0 Å². The largest absolute Gasteiger partial charge is 0.314 e. The Bertz CT molecular complexity index is 99.6. The zero-order valence-corrected chi connectivity index (χ0v) is 8.60. The van der Waals surface area contributed by atoms with Gasteiger partial charge in [-0.15, -0.1) is 0 Å². The van der Waals surface area contributed by atoms with Crippen LogP contribution in [0.1, 0.15) is 52.4 Å². The molecule has 1 heteroatoms. The molecule has 0 heterocycles. The van der Waals surface area contributed by atoms with Crippen LogP contribution in [0.15, 0.2) is 0 Å². The molecule has 1 rings (SSSR count). The quantitative estimate of drug-likeness (QED) is 0.618. The number of hydrogen-bond acceptors (Lipinski definition) is 1. The van der Waals surface area contributed by atoms with Crippen molar-refractivity contribution in [2.24, 2.45) is 5.92 Å². The van der Waals surface area contributed by atoms with Crippen LogP contribution < -0.4 is 5.32 Å². The summed E-state index contributed by atoms with van der Waals surface area (Å²) >= 11 is 0. The van der Waals surface area contributed by atoms with E-state index in [4.69, 9.17) is 0 Å². The fraction of sp³-hybridized carbons (Fsp3) is 1.00. The van der Waals surface area contributed by atoms with E-state index in [0.717, 1.165) is 12.0 Å². The van der Waals surface area contributed by atoms with E-state index < -0.39 is 0 Å². The van der Waals surface area contributed by atoms with Crippen molar-refractivity contribution in [1.29, 1.82) is 0 Å². The summed E-state index contributed by atoms with van der Waals surface area (Å²) in [6, 6.07) is 0.852. The SMILES string of the molecule is CCCCC(NCCC)C1CC1. The summed E-state index contributed by atoms with van der Waals surface area (Å²) in [6.45, 7) is 5.74. The minimum atomic E-state index is 0.852. The van der Waals surface area contributed by atoms with Gasteiger partial charge in [0.25, 0.3) is 0 Å². The van der Waals surface area contributed by atoms with Crippen molar-refractivity contribution >= 4 is 0 Å². The second-order valence-corrected chi connectivity index (χ2v) is 4.04. The van der Waals surface area contributed by atoms with Gasteiger partial charge in [0.15, 0.2) is 0 Å². The smallest absolute Gasteiger partial charge is 0.00953 e. The van der Waals surface area contributed by atoms with Crippen LogP contribution >= 0.6 is 0 Å². The Morgan fingerprint density at radius 1 is 1.25 bits per heavy atom. The van der Waals surface area contributed by atoms with Crippen LogP contribution in [-0.2, 0) is 0 Å². The van der Waals surface area contributed by atoms with Crippen molar-refractivity contribution in [1.82, 2.24) is 5.32 Å². The summed E-state index contributed by atoms with van der Waals surface area (Å²) in [5.41, 5.74) is 0. The highest BCUT2D eigenvalue weighted by Gasteiger charge is 2.29. The molecule has 0 saturated heterocycles. The van der Waals surface area contributed by atoms with Gasteiger partial charge in [0, 0.05) is 6.04 Å². The molecule has 0 spiro atoms. The standard InChI is InChI=1S/C11H23N/c1-3-5-6-11(10-7-8-10)12-9-4-2/h10-12H,3-9H2,1-2H3. The highest BCUT2D eigenvalue weighted by molar-refractivity contribution is 4.85. The zero-order chi connectivity index (χ0) is 8.81. The summed E-state index contributed by atoms with van der Waals surface area (Å²) in [4.78, 5) is 0. The average Bonchev–Trinajstić information content (AvgIpc) is 2.88. The zero-order valence-electron chi connectivity index (χ0n) is 8.60. The van der Waals surface area contributed by atoms with Gasteiger partial charge in [-0.3, -0.25) is 0 Å². The molecule has 1 unspecified atom stereocenters. The Hall–Kier alpha value is -0.0400. The number of nitrogens with one attached hydrogen (secondary N) is 1. The summed E-state index contributed by atoms with van der Waals surface area (Å²) in [5.74, 6) is 1.03. The highest BCUT2D eigenvalue weighted by atomic mass is 14.9. The highest BCUT2D eigenvalue weighted by Crippen LogP contribution is 2.34. The van der Waals surface area contributed by atoms with Crippen LogP contribution in [0, 0.1) is 5.92 Å². The molecule has 1 fully saturated rings. The second-order valence-electron chi connectivity index (χ2n) is 4.04. The van der Waals surface area contributed by atoms with Gasteiger partial charge in [-0.25, -0.2) is 0 Å². The monoisotopic (exact) mass is 169 g/mol. The molecule has 1 saturated carbocycles. The van der Waals surface area contributed by atoms with Gasteiger partial charge in [-0.2, -0.15) is 0 Å². The van der Waals surface area contributed by atoms with Crippen molar-refractivity contribution < 1.29 is 0 Å². The summed E-state index contributed by atoms with van der Waals surface area (Å²) in [7, 11) is 0. The molecule has 1 atom stereocenters. The first kappa shape index (κ1) is 10.0. The number of rotatable bonds is 7. The van der Waals surface area contributed by atoms with Crippen molar-refractivity contribution in [3.8, 4) is 0 Å². The molecular formula is C11H23N. The molecule has 0 aliphatic heterocycles. The van der Waals surface area contributed by atoms with Crippen LogP contribution in [0.4, 0.5) is 0 Å². The third kappa shape index (κ3) is 3.57. The van der Waals surface area contributed by atoms with Crippen LogP contribution in [0.3, 0.4) is 0 Å². The van der Waals surface area contributed by atoms with Gasteiger partial charge in [0.05, 0.1) is 0 Å². The fourth-order valence-corrected chi connectivity index (χ4v) is 1.76. The molecule has 1 nitrogen and oxygen atoms in total. The van der Waals surface area contributed by atoms with Gasteiger partial charge in [0.1, 0.15) is 0 Å². The third-order valence-electron chi connectivity index (χ3n) is 2.72. The Balaban J connectivity index is 2.09. The van der Waals surface area contributed by atoms with E-state index in [9.17, 15) is 0 Å². The summed E-state index contributed by atoms with van der Waals surface area (Å²) < 4.78 is 0. The minimum Gasteiger partial charge on any atom is -0.314 e. The second kappa shape index (κ2) is 5.58. The van der Waals surface area contributed by atoms with E-state index in [0.29, 0.717) is 0 Å². The molecule has 0 aromatic heterocycles. The maximum Gasteiger partial charge on any atom is 0.00953 e. The Morgan fingerprint density at radius 2 is 2.00 bits per heavy atom. The predicted molar refractivity (Wildman–Crippen MR) is 54.3 cm³/mol. The molecule has 1 aliphatic carbocycles. The Labute approximate surface area is 76.9 Å². The molecular weight excluding hydrogens is 146 g/mol. The lowest BCUT2D eigenvalue weighted by atomic mass is 10.1. The first-order valence-corrected chi connectivity index (χ1v) is 5.61. The third-order valence-corrected chi connectivity index (χ3v) is 2.72. The van der Waals surface area contributed by atoms with E-state index >= 15 is 0 Å². The van der Waals surface area contributed by atoms with E-state index in [-0.39, 0.29) is 0 Å². The van der Waals surface area contributed by atoms with Crippen molar-refractivity contribution in [3.63, 3.8) is 0 Å². The normalized spacial score (nSPS) is 19.5. The van der Waals surface area contributed by atoms with Gasteiger partial charge >= 0.3 is 0 Å². The number of unbranched alkanes of at least 4 members (excludes halogenated alkanes) is 1. The first-order chi connectivity index (χ1) is 5.88. The Morgan fingerprint density at radius 3 is 2.50 bits per heavy atom. The molecule has 0 bridgehead atoms. The fourth-order valence-electron chi connectivity index (χ4n) is 1.76. The van der Waals surface area contributed by atoms with E-state index in [1.54, 1.807) is 0 Å². The van der Waals surface area contributed by atoms with Crippen LogP contribution in [0.2, 0.25) is 0 Å². The Kier molecular flexibility index (Phi) is 4.67. The molecule has 0 amide bonds. The van der Waals surface area contributed by atoms with Gasteiger partial charge < -0.3 is 5.32 Å². The van der Waals surface area contributed by atoms with Gasteiger partial charge in [-0.1, -0.05) is 26.7 Å². The lowest BCUT2D eigenvalue weighted by Crippen LogP contribution is -2.31. The van der Waals surface area contributed by atoms with Gasteiger partial charge in [-0.05, 0) is 38.1 Å². The molecule has 12 heavy (non-hydrogen) atoms. The summed E-state index contributed by atoms with van der Waals surface area (Å²) in [5, 5.41) is 3.67. The van der Waals surface area contributed by atoms with Crippen LogP contribution in [0.5, 0.6) is 0 Å². The predicted octanol–water partition coefficient (Wildman–Crippen LogP) is 2.95.